The highest BCUT2D eigenvalue weighted by Crippen LogP contribution is 2.04. The number of benzene rings is 1. The summed E-state index contributed by atoms with van der Waals surface area (Å²) in [7, 11) is 0. The van der Waals surface area contributed by atoms with Crippen molar-refractivity contribution < 1.29 is 9.53 Å². The second kappa shape index (κ2) is 3.88. The minimum absolute atomic E-state index is 0.0766. The van der Waals surface area contributed by atoms with E-state index in [4.69, 9.17) is 5.73 Å². The fourth-order valence-corrected chi connectivity index (χ4v) is 0.931. The highest BCUT2D eigenvalue weighted by atomic mass is 16.5. The SMILES string of the molecule is Cc1cccc(C(=O)OCN)c1. The molecule has 0 bridgehead atoms. The first-order valence-electron chi connectivity index (χ1n) is 3.68. The smallest absolute Gasteiger partial charge is 0.339 e. The third-order valence-corrected chi connectivity index (χ3v) is 1.47. The maximum absolute atomic E-state index is 11.1. The molecule has 0 aliphatic rings. The van der Waals surface area contributed by atoms with Crippen LogP contribution in [0.3, 0.4) is 0 Å². The van der Waals surface area contributed by atoms with Gasteiger partial charge in [0.1, 0.15) is 6.73 Å². The van der Waals surface area contributed by atoms with Crippen LogP contribution < -0.4 is 5.73 Å². The van der Waals surface area contributed by atoms with Crippen molar-refractivity contribution in [3.05, 3.63) is 35.4 Å². The van der Waals surface area contributed by atoms with Gasteiger partial charge in [-0.1, -0.05) is 17.7 Å². The van der Waals surface area contributed by atoms with Crippen LogP contribution in [0, 0.1) is 6.92 Å². The molecule has 0 heterocycles. The first kappa shape index (κ1) is 8.74. The molecule has 3 heteroatoms. The largest absolute Gasteiger partial charge is 0.446 e. The van der Waals surface area contributed by atoms with E-state index in [0.29, 0.717) is 5.56 Å². The van der Waals surface area contributed by atoms with Crippen molar-refractivity contribution >= 4 is 5.97 Å². The summed E-state index contributed by atoms with van der Waals surface area (Å²) in [5, 5.41) is 0. The van der Waals surface area contributed by atoms with E-state index < -0.39 is 0 Å². The lowest BCUT2D eigenvalue weighted by Crippen LogP contribution is -2.12. The number of nitrogens with two attached hydrogens (primary N) is 1. The van der Waals surface area contributed by atoms with Gasteiger partial charge in [-0.2, -0.15) is 0 Å². The van der Waals surface area contributed by atoms with Crippen molar-refractivity contribution in [2.24, 2.45) is 5.73 Å². The van der Waals surface area contributed by atoms with E-state index in [9.17, 15) is 4.79 Å². The average Bonchev–Trinajstić information content (AvgIpc) is 2.05. The lowest BCUT2D eigenvalue weighted by Gasteiger charge is -2.01. The van der Waals surface area contributed by atoms with Gasteiger partial charge in [0.15, 0.2) is 0 Å². The Morgan fingerprint density at radius 3 is 2.92 bits per heavy atom. The van der Waals surface area contributed by atoms with Gasteiger partial charge in [-0.3, -0.25) is 5.73 Å². The number of hydrogen-bond acceptors (Lipinski definition) is 3. The number of ether oxygens (including phenoxy) is 1. The molecule has 0 aromatic heterocycles. The highest BCUT2D eigenvalue weighted by Gasteiger charge is 2.04. The third-order valence-electron chi connectivity index (χ3n) is 1.47. The average molecular weight is 165 g/mol. The first-order valence-corrected chi connectivity index (χ1v) is 3.68. The molecule has 3 nitrogen and oxygen atoms in total. The molecular formula is C9H11NO2. The van der Waals surface area contributed by atoms with Gasteiger partial charge in [0, 0.05) is 0 Å². The van der Waals surface area contributed by atoms with Gasteiger partial charge in [-0.05, 0) is 19.1 Å². The van der Waals surface area contributed by atoms with Crippen molar-refractivity contribution in [2.75, 3.05) is 6.73 Å². The number of aryl methyl sites for hydroxylation is 1. The molecule has 1 rings (SSSR count). The summed E-state index contributed by atoms with van der Waals surface area (Å²) in [5.41, 5.74) is 6.63. The molecule has 0 aliphatic carbocycles. The topological polar surface area (TPSA) is 52.3 Å². The Bertz CT molecular complexity index is 284. The molecule has 0 atom stereocenters. The Balaban J connectivity index is 2.81. The Hall–Kier alpha value is -1.35. The van der Waals surface area contributed by atoms with Crippen molar-refractivity contribution in [1.29, 1.82) is 0 Å². The predicted octanol–water partition coefficient (Wildman–Crippen LogP) is 1.07. The van der Waals surface area contributed by atoms with E-state index >= 15 is 0 Å². The van der Waals surface area contributed by atoms with Crippen molar-refractivity contribution in [1.82, 2.24) is 0 Å². The minimum Gasteiger partial charge on any atom is -0.446 e. The van der Waals surface area contributed by atoms with Crippen molar-refractivity contribution in [3.8, 4) is 0 Å². The maximum Gasteiger partial charge on any atom is 0.339 e. The first-order chi connectivity index (χ1) is 5.74. The molecule has 0 spiro atoms. The van der Waals surface area contributed by atoms with Crippen LogP contribution in [-0.2, 0) is 4.74 Å². The number of hydrogen-bond donors (Lipinski definition) is 1. The number of carbonyl (C=O) groups is 1. The molecule has 12 heavy (non-hydrogen) atoms. The molecule has 1 aromatic carbocycles. The zero-order valence-corrected chi connectivity index (χ0v) is 6.91. The normalized spacial score (nSPS) is 9.50. The molecule has 0 unspecified atom stereocenters. The summed E-state index contributed by atoms with van der Waals surface area (Å²) in [5.74, 6) is -0.374. The highest BCUT2D eigenvalue weighted by molar-refractivity contribution is 5.89. The van der Waals surface area contributed by atoms with Gasteiger partial charge in [0.25, 0.3) is 0 Å². The fraction of sp³-hybridized carbons (Fsp3) is 0.222. The van der Waals surface area contributed by atoms with Crippen molar-refractivity contribution in [2.45, 2.75) is 6.92 Å². The molecule has 2 N–H and O–H groups in total. The fourth-order valence-electron chi connectivity index (χ4n) is 0.931. The number of esters is 1. The summed E-state index contributed by atoms with van der Waals surface area (Å²) in [6.07, 6.45) is 0. The molecular weight excluding hydrogens is 154 g/mol. The maximum atomic E-state index is 11.1. The zero-order chi connectivity index (χ0) is 8.97. The van der Waals surface area contributed by atoms with Gasteiger partial charge in [-0.15, -0.1) is 0 Å². The van der Waals surface area contributed by atoms with E-state index in [1.165, 1.54) is 0 Å². The van der Waals surface area contributed by atoms with Gasteiger partial charge in [-0.25, -0.2) is 4.79 Å². The van der Waals surface area contributed by atoms with Gasteiger partial charge in [0.05, 0.1) is 5.56 Å². The van der Waals surface area contributed by atoms with E-state index in [1.54, 1.807) is 12.1 Å². The van der Waals surface area contributed by atoms with Gasteiger partial charge < -0.3 is 4.74 Å². The minimum atomic E-state index is -0.374. The Morgan fingerprint density at radius 1 is 1.58 bits per heavy atom. The molecule has 0 fully saturated rings. The molecule has 0 radical (unpaired) electrons. The van der Waals surface area contributed by atoms with Crippen LogP contribution in [0.2, 0.25) is 0 Å². The van der Waals surface area contributed by atoms with E-state index in [1.807, 2.05) is 19.1 Å². The van der Waals surface area contributed by atoms with Crippen LogP contribution in [0.1, 0.15) is 15.9 Å². The Labute approximate surface area is 71.1 Å². The van der Waals surface area contributed by atoms with Crippen LogP contribution in [0.25, 0.3) is 0 Å². The summed E-state index contributed by atoms with van der Waals surface area (Å²) in [6.45, 7) is 1.84. The summed E-state index contributed by atoms with van der Waals surface area (Å²) >= 11 is 0. The molecule has 0 amide bonds. The lowest BCUT2D eigenvalue weighted by atomic mass is 10.1. The number of rotatable bonds is 2. The second-order valence-corrected chi connectivity index (χ2v) is 2.47. The third kappa shape index (κ3) is 2.07. The second-order valence-electron chi connectivity index (χ2n) is 2.47. The van der Waals surface area contributed by atoms with E-state index in [0.717, 1.165) is 5.56 Å². The summed E-state index contributed by atoms with van der Waals surface area (Å²) in [4.78, 5) is 11.1. The zero-order valence-electron chi connectivity index (χ0n) is 6.91. The molecule has 1 aromatic rings. The summed E-state index contributed by atoms with van der Waals surface area (Å²) < 4.78 is 4.62. The molecule has 0 saturated heterocycles. The summed E-state index contributed by atoms with van der Waals surface area (Å²) in [6, 6.07) is 7.19. The van der Waals surface area contributed by atoms with E-state index in [-0.39, 0.29) is 12.7 Å². The Morgan fingerprint density at radius 2 is 2.33 bits per heavy atom. The van der Waals surface area contributed by atoms with E-state index in [2.05, 4.69) is 4.74 Å². The van der Waals surface area contributed by atoms with Crippen LogP contribution in [0.15, 0.2) is 24.3 Å². The molecule has 64 valence electrons. The van der Waals surface area contributed by atoms with Crippen LogP contribution in [-0.4, -0.2) is 12.7 Å². The molecule has 0 saturated carbocycles. The van der Waals surface area contributed by atoms with Gasteiger partial charge in [0.2, 0.25) is 0 Å². The van der Waals surface area contributed by atoms with Crippen LogP contribution in [0.5, 0.6) is 0 Å². The lowest BCUT2D eigenvalue weighted by molar-refractivity contribution is 0.0515. The van der Waals surface area contributed by atoms with Gasteiger partial charge >= 0.3 is 5.97 Å². The van der Waals surface area contributed by atoms with Crippen LogP contribution >= 0.6 is 0 Å². The van der Waals surface area contributed by atoms with Crippen LogP contribution in [0.4, 0.5) is 0 Å². The predicted molar refractivity (Wildman–Crippen MR) is 45.6 cm³/mol. The Kier molecular flexibility index (Phi) is 2.82. The standard InChI is InChI=1S/C9H11NO2/c1-7-3-2-4-8(5-7)9(11)12-6-10/h2-5H,6,10H2,1H3. The van der Waals surface area contributed by atoms with Crippen molar-refractivity contribution in [3.63, 3.8) is 0 Å². The quantitative estimate of drug-likeness (QED) is 0.526. The number of carbonyl (C=O) groups excluding carboxylic acids is 1. The molecule has 0 aliphatic heterocycles. The monoisotopic (exact) mass is 165 g/mol.